The standard InChI is InChI=1S/C11H14N4O2S2/c1-8-10(18-7-14-8)6-15(2)19(16,17)11-5-13-4-3-9(11)12/h3-5,7H,6H2,1-2H3,(H2,12,13). The molecule has 102 valence electrons. The van der Waals surface area contributed by atoms with Gasteiger partial charge in [-0.25, -0.2) is 13.4 Å². The van der Waals surface area contributed by atoms with Gasteiger partial charge in [-0.15, -0.1) is 11.3 Å². The van der Waals surface area contributed by atoms with Crippen LogP contribution in [0.5, 0.6) is 0 Å². The van der Waals surface area contributed by atoms with Gasteiger partial charge in [0.15, 0.2) is 0 Å². The Morgan fingerprint density at radius 2 is 2.21 bits per heavy atom. The lowest BCUT2D eigenvalue weighted by molar-refractivity contribution is 0.468. The number of aromatic nitrogens is 2. The van der Waals surface area contributed by atoms with Crippen LogP contribution in [0.15, 0.2) is 28.9 Å². The number of nitrogens with two attached hydrogens (primary N) is 1. The van der Waals surface area contributed by atoms with Gasteiger partial charge in [0.05, 0.1) is 16.9 Å². The second kappa shape index (κ2) is 5.24. The van der Waals surface area contributed by atoms with Gasteiger partial charge in [0.2, 0.25) is 10.0 Å². The van der Waals surface area contributed by atoms with Crippen LogP contribution in [0.3, 0.4) is 0 Å². The van der Waals surface area contributed by atoms with Gasteiger partial charge in [-0.3, -0.25) is 4.98 Å². The Kier molecular flexibility index (Phi) is 3.83. The molecular weight excluding hydrogens is 284 g/mol. The molecule has 0 saturated carbocycles. The molecule has 2 aromatic rings. The minimum Gasteiger partial charge on any atom is -0.398 e. The number of aryl methyl sites for hydroxylation is 1. The summed E-state index contributed by atoms with van der Waals surface area (Å²) in [5, 5.41) is 0. The van der Waals surface area contributed by atoms with Gasteiger partial charge in [-0.05, 0) is 13.0 Å². The fourth-order valence-electron chi connectivity index (χ4n) is 1.54. The molecule has 0 unspecified atom stereocenters. The number of rotatable bonds is 4. The Hall–Kier alpha value is -1.51. The SMILES string of the molecule is Cc1ncsc1CN(C)S(=O)(=O)c1cnccc1N. The van der Waals surface area contributed by atoms with Gasteiger partial charge in [0, 0.05) is 30.9 Å². The van der Waals surface area contributed by atoms with E-state index in [1.807, 2.05) is 6.92 Å². The first kappa shape index (κ1) is 13.9. The lowest BCUT2D eigenvalue weighted by Crippen LogP contribution is -2.27. The van der Waals surface area contributed by atoms with Gasteiger partial charge < -0.3 is 5.73 Å². The second-order valence-corrected chi connectivity index (χ2v) is 6.99. The maximum atomic E-state index is 12.4. The molecule has 0 aromatic carbocycles. The molecule has 0 bridgehead atoms. The summed E-state index contributed by atoms with van der Waals surface area (Å²) in [6.45, 7) is 2.12. The molecule has 19 heavy (non-hydrogen) atoms. The van der Waals surface area contributed by atoms with Crippen molar-refractivity contribution in [1.82, 2.24) is 14.3 Å². The van der Waals surface area contributed by atoms with Crippen LogP contribution in [0.25, 0.3) is 0 Å². The van der Waals surface area contributed by atoms with Gasteiger partial charge in [-0.2, -0.15) is 4.31 Å². The van der Waals surface area contributed by atoms with E-state index in [1.165, 1.54) is 41.1 Å². The number of sulfonamides is 1. The zero-order valence-corrected chi connectivity index (χ0v) is 12.2. The lowest BCUT2D eigenvalue weighted by Gasteiger charge is -2.17. The topological polar surface area (TPSA) is 89.2 Å². The van der Waals surface area contributed by atoms with Crippen molar-refractivity contribution in [2.24, 2.45) is 0 Å². The van der Waals surface area contributed by atoms with Crippen molar-refractivity contribution in [3.8, 4) is 0 Å². The van der Waals surface area contributed by atoms with Crippen molar-refractivity contribution < 1.29 is 8.42 Å². The molecule has 6 nitrogen and oxygen atoms in total. The van der Waals surface area contributed by atoms with Crippen LogP contribution in [0.1, 0.15) is 10.6 Å². The second-order valence-electron chi connectivity index (χ2n) is 4.04. The molecule has 0 aliphatic rings. The van der Waals surface area contributed by atoms with E-state index < -0.39 is 10.0 Å². The predicted molar refractivity (Wildman–Crippen MR) is 74.2 cm³/mol. The zero-order valence-electron chi connectivity index (χ0n) is 10.6. The third-order valence-corrected chi connectivity index (χ3v) is 5.48. The molecule has 2 rings (SSSR count). The van der Waals surface area contributed by atoms with E-state index in [-0.39, 0.29) is 17.1 Å². The van der Waals surface area contributed by atoms with Crippen LogP contribution < -0.4 is 5.73 Å². The Bertz CT molecular complexity index is 682. The van der Waals surface area contributed by atoms with Crippen molar-refractivity contribution in [1.29, 1.82) is 0 Å². The predicted octanol–water partition coefficient (Wildman–Crippen LogP) is 1.25. The minimum absolute atomic E-state index is 0.0275. The molecular formula is C11H14N4O2S2. The smallest absolute Gasteiger partial charge is 0.246 e. The van der Waals surface area contributed by atoms with E-state index in [2.05, 4.69) is 9.97 Å². The van der Waals surface area contributed by atoms with Crippen molar-refractivity contribution in [2.45, 2.75) is 18.4 Å². The molecule has 2 N–H and O–H groups in total. The molecule has 0 atom stereocenters. The highest BCUT2D eigenvalue weighted by molar-refractivity contribution is 7.89. The first-order valence-electron chi connectivity index (χ1n) is 5.47. The Labute approximate surface area is 116 Å². The number of hydrogen-bond acceptors (Lipinski definition) is 6. The third-order valence-electron chi connectivity index (χ3n) is 2.72. The maximum absolute atomic E-state index is 12.4. The first-order chi connectivity index (χ1) is 8.93. The van der Waals surface area contributed by atoms with Gasteiger partial charge in [0.1, 0.15) is 4.90 Å². The molecule has 0 radical (unpaired) electrons. The van der Waals surface area contributed by atoms with Crippen LogP contribution in [0, 0.1) is 6.92 Å². The Balaban J connectivity index is 2.30. The molecule has 0 amide bonds. The molecule has 0 spiro atoms. The number of nitrogen functional groups attached to an aromatic ring is 1. The van der Waals surface area contributed by atoms with E-state index in [1.54, 1.807) is 5.51 Å². The highest BCUT2D eigenvalue weighted by atomic mass is 32.2. The van der Waals surface area contributed by atoms with Crippen LogP contribution >= 0.6 is 11.3 Å². The molecule has 2 aromatic heterocycles. The summed E-state index contributed by atoms with van der Waals surface area (Å²) in [5.74, 6) is 0. The number of thiazole rings is 1. The average Bonchev–Trinajstić information content (AvgIpc) is 2.75. The van der Waals surface area contributed by atoms with E-state index in [4.69, 9.17) is 5.73 Å². The Morgan fingerprint density at radius 3 is 2.79 bits per heavy atom. The zero-order chi connectivity index (χ0) is 14.0. The normalized spacial score (nSPS) is 11.9. The maximum Gasteiger partial charge on any atom is 0.246 e. The van der Waals surface area contributed by atoms with Crippen molar-refractivity contribution in [3.05, 3.63) is 34.5 Å². The van der Waals surface area contributed by atoms with Crippen LogP contribution in [-0.2, 0) is 16.6 Å². The van der Waals surface area contributed by atoms with Crippen molar-refractivity contribution in [3.63, 3.8) is 0 Å². The molecule has 8 heteroatoms. The van der Waals surface area contributed by atoms with E-state index in [0.29, 0.717) is 0 Å². The highest BCUT2D eigenvalue weighted by Crippen LogP contribution is 2.23. The summed E-state index contributed by atoms with van der Waals surface area (Å²) in [7, 11) is -2.12. The van der Waals surface area contributed by atoms with Crippen molar-refractivity contribution in [2.75, 3.05) is 12.8 Å². The summed E-state index contributed by atoms with van der Waals surface area (Å²) in [5.41, 5.74) is 8.43. The fourth-order valence-corrected chi connectivity index (χ4v) is 3.65. The van der Waals surface area contributed by atoms with Crippen molar-refractivity contribution >= 4 is 27.0 Å². The lowest BCUT2D eigenvalue weighted by atomic mass is 10.4. The van der Waals surface area contributed by atoms with E-state index >= 15 is 0 Å². The summed E-state index contributed by atoms with van der Waals surface area (Å²) in [6, 6.07) is 1.47. The molecule has 2 heterocycles. The average molecular weight is 298 g/mol. The molecule has 0 saturated heterocycles. The summed E-state index contributed by atoms with van der Waals surface area (Å²) >= 11 is 1.43. The van der Waals surface area contributed by atoms with E-state index in [0.717, 1.165) is 10.6 Å². The number of pyridine rings is 1. The van der Waals surface area contributed by atoms with Crippen LogP contribution in [0.2, 0.25) is 0 Å². The van der Waals surface area contributed by atoms with Gasteiger partial charge >= 0.3 is 0 Å². The summed E-state index contributed by atoms with van der Waals surface area (Å²) in [6.07, 6.45) is 2.72. The summed E-state index contributed by atoms with van der Waals surface area (Å²) < 4.78 is 26.0. The highest BCUT2D eigenvalue weighted by Gasteiger charge is 2.24. The quantitative estimate of drug-likeness (QED) is 0.917. The monoisotopic (exact) mass is 298 g/mol. The Morgan fingerprint density at radius 1 is 1.47 bits per heavy atom. The fraction of sp³-hybridized carbons (Fsp3) is 0.273. The number of nitrogens with zero attached hydrogens (tertiary/aromatic N) is 3. The van der Waals surface area contributed by atoms with Crippen LogP contribution in [-0.4, -0.2) is 29.7 Å². The molecule has 0 aliphatic carbocycles. The van der Waals surface area contributed by atoms with Crippen LogP contribution in [0.4, 0.5) is 5.69 Å². The summed E-state index contributed by atoms with van der Waals surface area (Å²) in [4.78, 5) is 8.85. The van der Waals surface area contributed by atoms with Gasteiger partial charge in [0.25, 0.3) is 0 Å². The minimum atomic E-state index is -3.64. The number of anilines is 1. The van der Waals surface area contributed by atoms with Gasteiger partial charge in [-0.1, -0.05) is 0 Å². The number of hydrogen-bond donors (Lipinski definition) is 1. The third kappa shape index (κ3) is 2.75. The largest absolute Gasteiger partial charge is 0.398 e. The molecule has 0 fully saturated rings. The van der Waals surface area contributed by atoms with E-state index in [9.17, 15) is 8.42 Å². The molecule has 0 aliphatic heterocycles. The first-order valence-corrected chi connectivity index (χ1v) is 7.79.